The average molecular weight is 919 g/mol. The van der Waals surface area contributed by atoms with Gasteiger partial charge in [-0.05, 0) is 60.0 Å². The molecule has 57 heavy (non-hydrogen) atoms. The van der Waals surface area contributed by atoms with Gasteiger partial charge in [-0.2, -0.15) is 49.1 Å². The SMILES string of the molecule is Nc1c(N=Nc2ccc(S(N)(=O)=O)cc2)c(S(=O)(=O)O)cc2cc(S(=O)(=O)O)c(N=Nc3cc(Nc4nc(F)nc(F)c4Cl)ccc3S(=O)(=O)O)c(O)c12.[Na].[Na].[Na]. The predicted octanol–water partition coefficient (Wildman–Crippen LogP) is 3.67. The summed E-state index contributed by atoms with van der Waals surface area (Å²) in [7, 11) is -19.9. The van der Waals surface area contributed by atoms with Crippen molar-refractivity contribution < 1.29 is 61.2 Å². The molecule has 9 N–H and O–H groups in total. The van der Waals surface area contributed by atoms with Crippen LogP contribution in [0.25, 0.3) is 10.8 Å². The van der Waals surface area contributed by atoms with Gasteiger partial charge in [0.2, 0.25) is 16.0 Å². The van der Waals surface area contributed by atoms with E-state index in [9.17, 15) is 61.2 Å². The number of nitrogens with zero attached hydrogens (tertiary/aromatic N) is 6. The monoisotopic (exact) mass is 918 g/mol. The van der Waals surface area contributed by atoms with Gasteiger partial charge in [0.25, 0.3) is 30.4 Å². The quantitative estimate of drug-likeness (QED) is 0.0262. The fourth-order valence-corrected chi connectivity index (χ4v) is 7.10. The molecule has 0 amide bonds. The zero-order valence-electron chi connectivity index (χ0n) is 28.9. The van der Waals surface area contributed by atoms with Gasteiger partial charge in [-0.25, -0.2) is 13.6 Å². The van der Waals surface area contributed by atoms with Crippen LogP contribution in [0.15, 0.2) is 94.6 Å². The Labute approximate surface area is 391 Å². The molecule has 0 saturated heterocycles. The van der Waals surface area contributed by atoms with E-state index in [-0.39, 0.29) is 105 Å². The number of nitrogens with two attached hydrogens (primary N) is 2. The van der Waals surface area contributed by atoms with Gasteiger partial charge in [0, 0.05) is 94.4 Å². The Morgan fingerprint density at radius 3 is 1.75 bits per heavy atom. The van der Waals surface area contributed by atoms with Crippen LogP contribution in [0.3, 0.4) is 0 Å². The fraction of sp³-hybridized carbons (Fsp3) is 0. The van der Waals surface area contributed by atoms with Crippen molar-refractivity contribution in [3.8, 4) is 5.75 Å². The zero-order valence-corrected chi connectivity index (χ0v) is 38.9. The van der Waals surface area contributed by atoms with E-state index < -0.39 is 117 Å². The zero-order chi connectivity index (χ0) is 40.1. The minimum atomic E-state index is -5.42. The molecule has 1 aromatic heterocycles. The maximum Gasteiger partial charge on any atom is 0.313 e. The number of rotatable bonds is 10. The number of halogens is 3. The van der Waals surface area contributed by atoms with Crippen LogP contribution >= 0.6 is 11.6 Å². The summed E-state index contributed by atoms with van der Waals surface area (Å²) < 4.78 is 154. The third kappa shape index (κ3) is 11.7. The topological polar surface area (TPSA) is 357 Å². The van der Waals surface area contributed by atoms with E-state index in [2.05, 4.69) is 35.7 Å². The minimum absolute atomic E-state index is 0. The number of anilines is 3. The molecular formula is C26H18ClF2N9Na3O12S4. The van der Waals surface area contributed by atoms with E-state index in [1.807, 2.05) is 0 Å². The predicted molar refractivity (Wildman–Crippen MR) is 200 cm³/mol. The molecule has 0 unspecified atom stereocenters. The van der Waals surface area contributed by atoms with Crippen molar-refractivity contribution in [2.75, 3.05) is 11.1 Å². The Kier molecular flexibility index (Phi) is 16.8. The summed E-state index contributed by atoms with van der Waals surface area (Å²) in [6.07, 6.45) is -1.55. The van der Waals surface area contributed by atoms with E-state index in [0.717, 1.165) is 36.4 Å². The number of phenolic OH excluding ortho intramolecular Hbond substituents is 1. The molecule has 3 radical (unpaired) electrons. The number of nitrogen functional groups attached to an aromatic ring is 1. The second-order valence-electron chi connectivity index (χ2n) is 10.4. The molecule has 5 rings (SSSR count). The molecule has 0 saturated carbocycles. The number of fused-ring (bicyclic) bond motifs is 1. The van der Waals surface area contributed by atoms with Gasteiger partial charge in [-0.15, -0.1) is 15.3 Å². The first-order chi connectivity index (χ1) is 24.9. The molecule has 287 valence electrons. The molecule has 0 fully saturated rings. The van der Waals surface area contributed by atoms with Crippen LogP contribution < -0.4 is 16.2 Å². The Morgan fingerprint density at radius 2 is 1.23 bits per heavy atom. The van der Waals surface area contributed by atoms with Crippen molar-refractivity contribution >= 4 is 191 Å². The van der Waals surface area contributed by atoms with Crippen molar-refractivity contribution in [2.24, 2.45) is 25.6 Å². The van der Waals surface area contributed by atoms with Crippen LogP contribution in [0.5, 0.6) is 5.75 Å². The third-order valence-corrected chi connectivity index (χ3v) is 10.7. The molecule has 0 atom stereocenters. The number of nitrogens with one attached hydrogen (secondary N) is 1. The van der Waals surface area contributed by atoms with Crippen LogP contribution in [0.4, 0.5) is 48.7 Å². The van der Waals surface area contributed by atoms with E-state index >= 15 is 0 Å². The van der Waals surface area contributed by atoms with E-state index in [4.69, 9.17) is 22.5 Å². The Bertz CT molecular complexity index is 2940. The number of sulfonamides is 1. The van der Waals surface area contributed by atoms with Gasteiger partial charge >= 0.3 is 6.08 Å². The van der Waals surface area contributed by atoms with Crippen molar-refractivity contribution in [2.45, 2.75) is 19.6 Å². The van der Waals surface area contributed by atoms with Crippen LogP contribution in [0.2, 0.25) is 5.02 Å². The van der Waals surface area contributed by atoms with Gasteiger partial charge in [0.15, 0.2) is 11.6 Å². The number of hydrogen-bond donors (Lipinski definition) is 7. The van der Waals surface area contributed by atoms with Crippen LogP contribution in [-0.2, 0) is 40.4 Å². The fourth-order valence-electron chi connectivity index (χ4n) is 4.52. The Morgan fingerprint density at radius 1 is 0.702 bits per heavy atom. The number of benzene rings is 4. The number of aromatic nitrogens is 2. The second-order valence-corrected chi connectivity index (χ2v) is 16.5. The largest absolute Gasteiger partial charge is 0.505 e. The maximum atomic E-state index is 13.9. The van der Waals surface area contributed by atoms with Gasteiger partial charge in [0.1, 0.15) is 36.8 Å². The van der Waals surface area contributed by atoms with Crippen LogP contribution in [0.1, 0.15) is 0 Å². The first-order valence-corrected chi connectivity index (χ1v) is 19.9. The summed E-state index contributed by atoms with van der Waals surface area (Å²) in [5.74, 6) is -3.38. The summed E-state index contributed by atoms with van der Waals surface area (Å²) >= 11 is 5.75. The van der Waals surface area contributed by atoms with E-state index in [1.54, 1.807) is 0 Å². The van der Waals surface area contributed by atoms with Crippen LogP contribution in [0, 0.1) is 12.0 Å². The van der Waals surface area contributed by atoms with Crippen molar-refractivity contribution in [3.63, 3.8) is 0 Å². The van der Waals surface area contributed by atoms with Crippen molar-refractivity contribution in [3.05, 3.63) is 71.6 Å². The summed E-state index contributed by atoms with van der Waals surface area (Å²) in [4.78, 5) is 2.38. The normalized spacial score (nSPS) is 12.3. The summed E-state index contributed by atoms with van der Waals surface area (Å²) in [5.41, 5.74) is 2.15. The summed E-state index contributed by atoms with van der Waals surface area (Å²) in [5, 5.41) is 31.3. The molecule has 0 aliphatic rings. The Hall–Kier alpha value is -2.39. The van der Waals surface area contributed by atoms with Crippen LogP contribution in [-0.4, -0.2) is 151 Å². The molecule has 0 aliphatic heterocycles. The molecule has 4 aromatic carbocycles. The molecule has 21 nitrogen and oxygen atoms in total. The molecule has 0 aliphatic carbocycles. The standard InChI is InChI=1S/C26H18ClF2N9O12S4.3Na/c27-19-24(28)33-26(29)34-25(19)32-12-3-6-15(52(42,43)44)14(9-12)36-38-22-17(54(48,49)50)8-10-7-16(53(45,46)47)21(20(30)18(10)23(22)39)37-35-11-1-4-13(5-2-11)51(31,40)41;;;/h1-9,39H,30H2,(H2,31,40,41)(H,32,33,34)(H,42,43,44)(H,45,46,47)(H,48,49,50);;;. The van der Waals surface area contributed by atoms with Gasteiger partial charge < -0.3 is 16.2 Å². The Balaban J connectivity index is 0.00000374. The van der Waals surface area contributed by atoms with Crippen molar-refractivity contribution in [1.82, 2.24) is 9.97 Å². The smallest absolute Gasteiger partial charge is 0.313 e. The number of phenols is 1. The number of azo groups is 2. The molecular weight excluding hydrogens is 901 g/mol. The molecule has 31 heteroatoms. The van der Waals surface area contributed by atoms with Gasteiger partial charge in [-0.1, -0.05) is 11.6 Å². The number of hydrogen-bond acceptors (Lipinski definition) is 17. The average Bonchev–Trinajstić information content (AvgIpc) is 3.04. The number of aromatic hydroxyl groups is 1. The minimum Gasteiger partial charge on any atom is -0.505 e. The van der Waals surface area contributed by atoms with Gasteiger partial charge in [-0.3, -0.25) is 13.7 Å². The number of primary sulfonamides is 1. The first kappa shape index (κ1) is 50.8. The molecule has 5 aromatic rings. The summed E-state index contributed by atoms with van der Waals surface area (Å²) in [6, 6.07) is 7.84. The maximum absolute atomic E-state index is 13.9. The second kappa shape index (κ2) is 18.9. The summed E-state index contributed by atoms with van der Waals surface area (Å²) in [6.45, 7) is 0. The molecule has 0 spiro atoms. The van der Waals surface area contributed by atoms with E-state index in [1.165, 1.54) is 0 Å². The van der Waals surface area contributed by atoms with Gasteiger partial charge in [0.05, 0.1) is 21.7 Å². The van der Waals surface area contributed by atoms with E-state index in [0.29, 0.717) is 18.2 Å². The van der Waals surface area contributed by atoms with Crippen molar-refractivity contribution in [1.29, 1.82) is 0 Å². The third-order valence-electron chi connectivity index (χ3n) is 6.84. The molecule has 1 heterocycles. The molecule has 0 bridgehead atoms. The first-order valence-electron chi connectivity index (χ1n) is 13.7.